The lowest BCUT2D eigenvalue weighted by Crippen LogP contribution is -2.08. The van der Waals surface area contributed by atoms with Crippen molar-refractivity contribution in [3.63, 3.8) is 0 Å². The Bertz CT molecular complexity index is 467. The van der Waals surface area contributed by atoms with Crippen LogP contribution in [-0.4, -0.2) is 14.5 Å². The van der Waals surface area contributed by atoms with E-state index >= 15 is 0 Å². The van der Waals surface area contributed by atoms with Crippen molar-refractivity contribution in [2.45, 2.75) is 20.0 Å². The molecule has 0 saturated carbocycles. The van der Waals surface area contributed by atoms with Crippen LogP contribution in [0.25, 0.3) is 0 Å². The van der Waals surface area contributed by atoms with Crippen LogP contribution in [0.4, 0.5) is 10.2 Å². The highest BCUT2D eigenvalue weighted by atomic mass is 19.1. The van der Waals surface area contributed by atoms with E-state index in [2.05, 4.69) is 15.3 Å². The molecule has 0 aliphatic rings. The summed E-state index contributed by atoms with van der Waals surface area (Å²) >= 11 is 0. The first-order valence-electron chi connectivity index (χ1n) is 5.16. The largest absolute Gasteiger partial charge is 0.363 e. The van der Waals surface area contributed by atoms with Crippen molar-refractivity contribution in [1.82, 2.24) is 14.5 Å². The molecule has 0 radical (unpaired) electrons. The fourth-order valence-corrected chi connectivity index (χ4v) is 1.47. The second-order valence-electron chi connectivity index (χ2n) is 3.33. The monoisotopic (exact) mass is 220 g/mol. The standard InChI is InChI=1S/C11H13FN4/c1-2-16-7-6-13-11(16)8-14-10-5-3-4-9(12)15-10/h3-7H,2,8H2,1H3,(H,14,15). The predicted molar refractivity (Wildman–Crippen MR) is 59.4 cm³/mol. The summed E-state index contributed by atoms with van der Waals surface area (Å²) in [7, 11) is 0. The summed E-state index contributed by atoms with van der Waals surface area (Å²) in [5.74, 6) is 0.947. The number of imidazole rings is 1. The molecule has 0 amide bonds. The van der Waals surface area contributed by atoms with E-state index in [9.17, 15) is 4.39 Å². The average molecular weight is 220 g/mol. The Balaban J connectivity index is 2.02. The molecule has 16 heavy (non-hydrogen) atoms. The van der Waals surface area contributed by atoms with E-state index in [1.165, 1.54) is 6.07 Å². The molecule has 4 nitrogen and oxygen atoms in total. The minimum atomic E-state index is -0.483. The lowest BCUT2D eigenvalue weighted by molar-refractivity contribution is 0.584. The van der Waals surface area contributed by atoms with Crippen LogP contribution in [0.5, 0.6) is 0 Å². The fourth-order valence-electron chi connectivity index (χ4n) is 1.47. The summed E-state index contributed by atoms with van der Waals surface area (Å²) in [6.45, 7) is 3.45. The Morgan fingerprint density at radius 3 is 3.06 bits per heavy atom. The molecule has 0 aromatic carbocycles. The topological polar surface area (TPSA) is 42.7 Å². The maximum atomic E-state index is 12.8. The summed E-state index contributed by atoms with van der Waals surface area (Å²) in [6.07, 6.45) is 3.66. The lowest BCUT2D eigenvalue weighted by atomic mass is 10.4. The molecular weight excluding hydrogens is 207 g/mol. The highest BCUT2D eigenvalue weighted by Crippen LogP contribution is 2.06. The van der Waals surface area contributed by atoms with Crippen molar-refractivity contribution in [1.29, 1.82) is 0 Å². The quantitative estimate of drug-likeness (QED) is 0.802. The van der Waals surface area contributed by atoms with Gasteiger partial charge in [-0.2, -0.15) is 4.39 Å². The molecule has 2 aromatic heterocycles. The third-order valence-corrected chi connectivity index (χ3v) is 2.29. The Kier molecular flexibility index (Phi) is 3.14. The number of anilines is 1. The molecule has 0 saturated heterocycles. The molecular formula is C11H13FN4. The van der Waals surface area contributed by atoms with Gasteiger partial charge < -0.3 is 9.88 Å². The summed E-state index contributed by atoms with van der Waals surface area (Å²) in [4.78, 5) is 7.92. The molecule has 0 atom stereocenters. The van der Waals surface area contributed by atoms with E-state index in [4.69, 9.17) is 0 Å². The summed E-state index contributed by atoms with van der Waals surface area (Å²) in [6, 6.07) is 4.66. The van der Waals surface area contributed by atoms with Gasteiger partial charge in [-0.25, -0.2) is 9.97 Å². The maximum absolute atomic E-state index is 12.8. The van der Waals surface area contributed by atoms with Gasteiger partial charge in [-0.15, -0.1) is 0 Å². The molecule has 0 bridgehead atoms. The number of halogens is 1. The molecule has 2 heterocycles. The average Bonchev–Trinajstić information content (AvgIpc) is 2.74. The summed E-state index contributed by atoms with van der Waals surface area (Å²) in [5, 5.41) is 3.03. The first-order valence-corrected chi connectivity index (χ1v) is 5.16. The smallest absolute Gasteiger partial charge is 0.214 e. The zero-order chi connectivity index (χ0) is 11.4. The van der Waals surface area contributed by atoms with Crippen molar-refractivity contribution < 1.29 is 4.39 Å². The Hall–Kier alpha value is -1.91. The van der Waals surface area contributed by atoms with E-state index < -0.39 is 5.95 Å². The van der Waals surface area contributed by atoms with Gasteiger partial charge in [0.25, 0.3) is 0 Å². The summed E-state index contributed by atoms with van der Waals surface area (Å²) < 4.78 is 14.8. The molecule has 1 N–H and O–H groups in total. The van der Waals surface area contributed by atoms with Crippen LogP contribution >= 0.6 is 0 Å². The number of rotatable bonds is 4. The van der Waals surface area contributed by atoms with Crippen molar-refractivity contribution in [3.05, 3.63) is 42.4 Å². The van der Waals surface area contributed by atoms with E-state index in [-0.39, 0.29) is 0 Å². The van der Waals surface area contributed by atoms with Crippen LogP contribution in [0, 0.1) is 5.95 Å². The zero-order valence-corrected chi connectivity index (χ0v) is 9.02. The van der Waals surface area contributed by atoms with Gasteiger partial charge in [-0.1, -0.05) is 6.07 Å². The minimum Gasteiger partial charge on any atom is -0.363 e. The Morgan fingerprint density at radius 2 is 2.31 bits per heavy atom. The number of nitrogens with zero attached hydrogens (tertiary/aromatic N) is 3. The van der Waals surface area contributed by atoms with Gasteiger partial charge in [-0.05, 0) is 19.1 Å². The van der Waals surface area contributed by atoms with Gasteiger partial charge in [-0.3, -0.25) is 0 Å². The van der Waals surface area contributed by atoms with E-state index in [0.717, 1.165) is 12.4 Å². The molecule has 5 heteroatoms. The van der Waals surface area contributed by atoms with Gasteiger partial charge >= 0.3 is 0 Å². The van der Waals surface area contributed by atoms with Gasteiger partial charge in [0.2, 0.25) is 5.95 Å². The van der Waals surface area contributed by atoms with Crippen molar-refractivity contribution in [2.75, 3.05) is 5.32 Å². The molecule has 0 aliphatic heterocycles. The normalized spacial score (nSPS) is 10.4. The van der Waals surface area contributed by atoms with Crippen LogP contribution in [0.2, 0.25) is 0 Å². The number of aromatic nitrogens is 3. The highest BCUT2D eigenvalue weighted by Gasteiger charge is 2.01. The van der Waals surface area contributed by atoms with Crippen LogP contribution in [0.15, 0.2) is 30.6 Å². The molecule has 84 valence electrons. The second kappa shape index (κ2) is 4.74. The zero-order valence-electron chi connectivity index (χ0n) is 9.02. The molecule has 0 unspecified atom stereocenters. The van der Waals surface area contributed by atoms with Crippen molar-refractivity contribution in [3.8, 4) is 0 Å². The Morgan fingerprint density at radius 1 is 1.44 bits per heavy atom. The number of hydrogen-bond acceptors (Lipinski definition) is 3. The minimum absolute atomic E-state index is 0.483. The number of aryl methyl sites for hydroxylation is 1. The fraction of sp³-hybridized carbons (Fsp3) is 0.273. The third kappa shape index (κ3) is 2.36. The van der Waals surface area contributed by atoms with E-state index in [0.29, 0.717) is 12.4 Å². The lowest BCUT2D eigenvalue weighted by Gasteiger charge is -2.06. The van der Waals surface area contributed by atoms with Crippen molar-refractivity contribution >= 4 is 5.82 Å². The van der Waals surface area contributed by atoms with Gasteiger partial charge in [0, 0.05) is 18.9 Å². The summed E-state index contributed by atoms with van der Waals surface area (Å²) in [5.41, 5.74) is 0. The van der Waals surface area contributed by atoms with Crippen LogP contribution < -0.4 is 5.32 Å². The van der Waals surface area contributed by atoms with Crippen LogP contribution in [0.3, 0.4) is 0 Å². The van der Waals surface area contributed by atoms with Gasteiger partial charge in [0.15, 0.2) is 0 Å². The predicted octanol–water partition coefficient (Wildman–Crippen LogP) is 2.05. The van der Waals surface area contributed by atoms with Crippen molar-refractivity contribution in [2.24, 2.45) is 0 Å². The van der Waals surface area contributed by atoms with Crippen LogP contribution in [-0.2, 0) is 13.1 Å². The Labute approximate surface area is 93.2 Å². The molecule has 0 aliphatic carbocycles. The first kappa shape index (κ1) is 10.6. The number of pyridine rings is 1. The van der Waals surface area contributed by atoms with Gasteiger partial charge in [0.1, 0.15) is 11.6 Å². The molecule has 2 rings (SSSR count). The SMILES string of the molecule is CCn1ccnc1CNc1cccc(F)n1. The number of hydrogen-bond donors (Lipinski definition) is 1. The highest BCUT2D eigenvalue weighted by molar-refractivity contribution is 5.33. The molecule has 0 fully saturated rings. The molecule has 2 aromatic rings. The van der Waals surface area contributed by atoms with Gasteiger partial charge in [0.05, 0.1) is 6.54 Å². The maximum Gasteiger partial charge on any atom is 0.214 e. The molecule has 0 spiro atoms. The van der Waals surface area contributed by atoms with E-state index in [1.54, 1.807) is 18.3 Å². The third-order valence-electron chi connectivity index (χ3n) is 2.29. The second-order valence-corrected chi connectivity index (χ2v) is 3.33. The van der Waals surface area contributed by atoms with E-state index in [1.807, 2.05) is 17.7 Å². The first-order chi connectivity index (χ1) is 7.79. The van der Waals surface area contributed by atoms with Crippen LogP contribution in [0.1, 0.15) is 12.7 Å². The number of nitrogens with one attached hydrogen (secondary N) is 1.